The molecule has 2 amide bonds. The van der Waals surface area contributed by atoms with Crippen molar-refractivity contribution in [1.82, 2.24) is 4.98 Å². The first-order valence-corrected chi connectivity index (χ1v) is 17.8. The number of aryl methyl sites for hydroxylation is 2. The van der Waals surface area contributed by atoms with Gasteiger partial charge in [-0.25, -0.2) is 9.78 Å². The van der Waals surface area contributed by atoms with Gasteiger partial charge in [0.1, 0.15) is 0 Å². The van der Waals surface area contributed by atoms with Gasteiger partial charge < -0.3 is 4.74 Å². The lowest BCUT2D eigenvalue weighted by molar-refractivity contribution is -0.123. The first-order valence-electron chi connectivity index (χ1n) is 15.1. The lowest BCUT2D eigenvalue weighted by atomic mass is 9.81. The fourth-order valence-corrected chi connectivity index (χ4v) is 9.83. The molecule has 2 heterocycles. The molecule has 7 rings (SSSR count). The van der Waals surface area contributed by atoms with Gasteiger partial charge in [0, 0.05) is 30.6 Å². The summed E-state index contributed by atoms with van der Waals surface area (Å²) in [4.78, 5) is 60.4. The second-order valence-electron chi connectivity index (χ2n) is 12.5. The van der Waals surface area contributed by atoms with E-state index in [9.17, 15) is 19.2 Å². The quantitative estimate of drug-likeness (QED) is 0.0849. The molecule has 1 aromatic heterocycles. The van der Waals surface area contributed by atoms with Crippen molar-refractivity contribution in [2.75, 3.05) is 4.90 Å². The van der Waals surface area contributed by atoms with E-state index in [1.165, 1.54) is 4.90 Å². The Hall–Kier alpha value is -3.21. The highest BCUT2D eigenvalue weighted by Gasteiger charge is 2.66. The summed E-state index contributed by atoms with van der Waals surface area (Å²) in [6, 6.07) is 19.7. The molecule has 3 aliphatic rings. The van der Waals surface area contributed by atoms with Crippen LogP contribution in [0.25, 0.3) is 22.2 Å². The van der Waals surface area contributed by atoms with Gasteiger partial charge in [-0.05, 0) is 74.9 Å². The Labute approximate surface area is 291 Å². The summed E-state index contributed by atoms with van der Waals surface area (Å²) in [6.07, 6.45) is -0.127. The van der Waals surface area contributed by atoms with E-state index in [4.69, 9.17) is 9.72 Å². The number of carbonyl (C=O) groups excluding carboxylic acids is 4. The first-order chi connectivity index (χ1) is 21.9. The van der Waals surface area contributed by atoms with Crippen molar-refractivity contribution in [1.29, 1.82) is 0 Å². The molecule has 0 radical (unpaired) electrons. The lowest BCUT2D eigenvalue weighted by Gasteiger charge is -2.28. The van der Waals surface area contributed by atoms with E-state index in [1.807, 2.05) is 38.1 Å². The number of amides is 2. The number of nitrogens with zero attached hydrogens (tertiary/aromatic N) is 2. The Morgan fingerprint density at radius 1 is 0.891 bits per heavy atom. The van der Waals surface area contributed by atoms with Crippen molar-refractivity contribution in [3.8, 4) is 11.3 Å². The highest BCUT2D eigenvalue weighted by Crippen LogP contribution is 2.60. The number of benzene rings is 3. The zero-order chi connectivity index (χ0) is 32.6. The number of halogens is 3. The summed E-state index contributed by atoms with van der Waals surface area (Å²) in [5.41, 5.74) is 4.99. The summed E-state index contributed by atoms with van der Waals surface area (Å²) in [6.45, 7) is 5.42. The van der Waals surface area contributed by atoms with E-state index in [0.29, 0.717) is 33.4 Å². The minimum Gasteiger partial charge on any atom is -0.451 e. The van der Waals surface area contributed by atoms with Crippen LogP contribution in [-0.2, 0) is 14.3 Å². The van der Waals surface area contributed by atoms with Gasteiger partial charge in [-0.1, -0.05) is 89.8 Å². The Kier molecular flexibility index (Phi) is 8.05. The van der Waals surface area contributed by atoms with Gasteiger partial charge in [0.15, 0.2) is 6.10 Å². The number of ketones is 1. The number of hydrogen-bond donors (Lipinski definition) is 0. The molecule has 10 heteroatoms. The Balaban J connectivity index is 1.19. The van der Waals surface area contributed by atoms with Crippen molar-refractivity contribution in [2.24, 2.45) is 23.7 Å². The summed E-state index contributed by atoms with van der Waals surface area (Å²) >= 11 is 11.0. The molecule has 0 spiro atoms. The second kappa shape index (κ2) is 11.8. The molecule has 4 aromatic rings. The molecule has 2 saturated carbocycles. The van der Waals surface area contributed by atoms with Crippen LogP contribution in [0.4, 0.5) is 5.69 Å². The normalized spacial score (nSPS) is 25.7. The van der Waals surface area contributed by atoms with Crippen molar-refractivity contribution in [3.05, 3.63) is 93.5 Å². The maximum absolute atomic E-state index is 13.7. The molecule has 7 atom stereocenters. The smallest absolute Gasteiger partial charge is 0.339 e. The predicted molar refractivity (Wildman–Crippen MR) is 187 cm³/mol. The number of hydrogen-bond acceptors (Lipinski definition) is 6. The third-order valence-corrected chi connectivity index (χ3v) is 13.4. The number of alkyl halides is 2. The predicted octanol–water partition coefficient (Wildman–Crippen LogP) is 7.99. The number of imide groups is 1. The van der Waals surface area contributed by atoms with E-state index >= 15 is 0 Å². The van der Waals surface area contributed by atoms with Crippen LogP contribution in [0.15, 0.2) is 71.2 Å². The lowest BCUT2D eigenvalue weighted by Crippen LogP contribution is -2.37. The number of anilines is 1. The van der Waals surface area contributed by atoms with Crippen LogP contribution in [0.1, 0.15) is 45.2 Å². The highest BCUT2D eigenvalue weighted by molar-refractivity contribution is 9.12. The number of aromatic nitrogens is 1. The number of esters is 1. The van der Waals surface area contributed by atoms with E-state index in [1.54, 1.807) is 49.4 Å². The van der Waals surface area contributed by atoms with Crippen LogP contribution in [0, 0.1) is 37.5 Å². The maximum atomic E-state index is 13.7. The van der Waals surface area contributed by atoms with Gasteiger partial charge in [0.25, 0.3) is 0 Å². The number of carbonyl (C=O) groups is 4. The molecule has 0 N–H and O–H groups in total. The largest absolute Gasteiger partial charge is 0.451 e. The van der Waals surface area contributed by atoms with Crippen molar-refractivity contribution in [3.63, 3.8) is 0 Å². The molecule has 7 unspecified atom stereocenters. The van der Waals surface area contributed by atoms with E-state index in [-0.39, 0.29) is 56.5 Å². The van der Waals surface area contributed by atoms with Crippen molar-refractivity contribution >= 4 is 87.9 Å². The van der Waals surface area contributed by atoms with Crippen molar-refractivity contribution < 1.29 is 23.9 Å². The summed E-state index contributed by atoms with van der Waals surface area (Å²) < 4.78 is 6.51. The molecule has 1 saturated heterocycles. The average molecular weight is 809 g/mol. The maximum Gasteiger partial charge on any atom is 0.339 e. The number of fused-ring (bicyclic) bond motifs is 6. The summed E-state index contributed by atoms with van der Waals surface area (Å²) in [5, 5.41) is 0.594. The van der Waals surface area contributed by atoms with Gasteiger partial charge in [-0.2, -0.15) is 0 Å². The molecule has 2 bridgehead atoms. The van der Waals surface area contributed by atoms with Crippen LogP contribution in [0.3, 0.4) is 0 Å². The Morgan fingerprint density at radius 2 is 1.50 bits per heavy atom. The van der Waals surface area contributed by atoms with Crippen molar-refractivity contribution in [2.45, 2.75) is 43.0 Å². The third kappa shape index (κ3) is 5.08. The monoisotopic (exact) mass is 806 g/mol. The topological polar surface area (TPSA) is 93.6 Å². The fourth-order valence-electron chi connectivity index (χ4n) is 7.39. The molecular formula is C36H29Br3N2O5. The number of ether oxygens (including phenoxy) is 1. The molecule has 234 valence electrons. The molecule has 3 aromatic carbocycles. The van der Waals surface area contributed by atoms with E-state index in [0.717, 1.165) is 22.0 Å². The molecule has 7 nitrogen and oxygen atoms in total. The average Bonchev–Trinajstić information content (AvgIpc) is 3.65. The fraction of sp³-hybridized carbons (Fsp3) is 0.306. The van der Waals surface area contributed by atoms with Gasteiger partial charge in [0.05, 0.1) is 34.3 Å². The minimum atomic E-state index is -1.00. The molecule has 3 fully saturated rings. The first kappa shape index (κ1) is 31.4. The highest BCUT2D eigenvalue weighted by atomic mass is 79.9. The van der Waals surface area contributed by atoms with Crippen LogP contribution in [0.5, 0.6) is 0 Å². The Bertz CT molecular complexity index is 1910. The van der Waals surface area contributed by atoms with E-state index in [2.05, 4.69) is 47.8 Å². The standard InChI is InChI=1S/C36H29Br3N2O5/c1-16-4-6-20(7-5-16)33(42)18(3)46-36(45)24-15-27(40-32-17(2)12-21(37)13-23(24)32)19-8-10-22(11-9-19)41-34(43)28-25-14-26(29(28)35(41)44)31(39)30(25)38/h4-13,15,18,25-26,28-31H,14H2,1-3H3. The molecule has 2 aliphatic carbocycles. The van der Waals surface area contributed by atoms with Crippen LogP contribution < -0.4 is 4.90 Å². The zero-order valence-corrected chi connectivity index (χ0v) is 29.9. The minimum absolute atomic E-state index is 0.136. The summed E-state index contributed by atoms with van der Waals surface area (Å²) in [5.74, 6) is -1.52. The SMILES string of the molecule is Cc1ccc(C(=O)C(C)OC(=O)c2cc(-c3ccc(N4C(=O)C5C6CC(C(Br)C6Br)C5C4=O)cc3)nc3c(C)cc(Br)cc23)cc1. The van der Waals surface area contributed by atoms with Crippen LogP contribution >= 0.6 is 47.8 Å². The number of pyridine rings is 1. The van der Waals surface area contributed by atoms with Crippen LogP contribution in [-0.4, -0.2) is 44.3 Å². The second-order valence-corrected chi connectivity index (χ2v) is 15.5. The third-order valence-electron chi connectivity index (χ3n) is 9.69. The number of rotatable bonds is 6. The molecular weight excluding hydrogens is 780 g/mol. The molecule has 46 heavy (non-hydrogen) atoms. The summed E-state index contributed by atoms with van der Waals surface area (Å²) in [7, 11) is 0. The Morgan fingerprint density at radius 3 is 2.11 bits per heavy atom. The van der Waals surface area contributed by atoms with Gasteiger partial charge in [-0.15, -0.1) is 0 Å². The van der Waals surface area contributed by atoms with E-state index < -0.39 is 12.1 Å². The zero-order valence-electron chi connectivity index (χ0n) is 25.2. The van der Waals surface area contributed by atoms with Gasteiger partial charge >= 0.3 is 5.97 Å². The molecule has 1 aliphatic heterocycles. The van der Waals surface area contributed by atoms with Gasteiger partial charge in [0.2, 0.25) is 17.6 Å². The van der Waals surface area contributed by atoms with Gasteiger partial charge in [-0.3, -0.25) is 19.3 Å². The van der Waals surface area contributed by atoms with Crippen LogP contribution in [0.2, 0.25) is 0 Å². The number of Topliss-reactive ketones (excluding diaryl/α,β-unsaturated/α-hetero) is 1.